The third-order valence-corrected chi connectivity index (χ3v) is 4.15. The van der Waals surface area contributed by atoms with Crippen LogP contribution in [0.25, 0.3) is 0 Å². The van der Waals surface area contributed by atoms with Crippen molar-refractivity contribution in [3.8, 4) is 0 Å². The number of unbranched alkanes of at least 4 members (excludes halogenated alkanes) is 1. The van der Waals surface area contributed by atoms with E-state index in [1.54, 1.807) is 0 Å². The molecule has 1 N–H and O–H groups in total. The van der Waals surface area contributed by atoms with E-state index in [0.29, 0.717) is 19.4 Å². The lowest BCUT2D eigenvalue weighted by molar-refractivity contribution is -0.137. The summed E-state index contributed by atoms with van der Waals surface area (Å²) in [5.74, 6) is -0.852. The summed E-state index contributed by atoms with van der Waals surface area (Å²) < 4.78 is 24.9. The van der Waals surface area contributed by atoms with E-state index >= 15 is 0 Å². The molecule has 0 bridgehead atoms. The van der Waals surface area contributed by atoms with Crippen molar-refractivity contribution in [3.05, 3.63) is 0 Å². The average Bonchev–Trinajstić information content (AvgIpc) is 2.20. The molecule has 0 aliphatic heterocycles. The number of carboxylic acid groups (broad SMARTS) is 1. The quantitative estimate of drug-likeness (QED) is 0.670. The highest BCUT2D eigenvalue weighted by Crippen LogP contribution is 2.07. The molecule has 0 atom stereocenters. The second-order valence-corrected chi connectivity index (χ2v) is 5.80. The lowest BCUT2D eigenvalue weighted by Gasteiger charge is -2.20. The molecular weight excluding hydrogens is 230 g/mol. The van der Waals surface area contributed by atoms with Crippen LogP contribution in [0.3, 0.4) is 0 Å². The number of carboxylic acids is 1. The number of hydrogen-bond acceptors (Lipinski definition) is 3. The molecule has 0 aromatic rings. The van der Waals surface area contributed by atoms with Crippen molar-refractivity contribution in [2.75, 3.05) is 18.8 Å². The van der Waals surface area contributed by atoms with Gasteiger partial charge in [0.05, 0.1) is 12.2 Å². The molecule has 0 aromatic heterocycles. The predicted octanol–water partition coefficient (Wildman–Crippen LogP) is 1.30. The fraction of sp³-hybridized carbons (Fsp3) is 0.900. The average molecular weight is 251 g/mol. The van der Waals surface area contributed by atoms with E-state index < -0.39 is 16.0 Å². The Morgan fingerprint density at radius 3 is 2.25 bits per heavy atom. The van der Waals surface area contributed by atoms with Crippen LogP contribution in [-0.2, 0) is 14.8 Å². The van der Waals surface area contributed by atoms with Crippen LogP contribution in [0.5, 0.6) is 0 Å². The van der Waals surface area contributed by atoms with Crippen LogP contribution in [0, 0.1) is 0 Å². The van der Waals surface area contributed by atoms with Crippen molar-refractivity contribution < 1.29 is 18.3 Å². The third-order valence-electron chi connectivity index (χ3n) is 2.20. The third kappa shape index (κ3) is 6.07. The Morgan fingerprint density at radius 1 is 1.19 bits per heavy atom. The summed E-state index contributed by atoms with van der Waals surface area (Å²) in [7, 11) is -3.27. The summed E-state index contributed by atoms with van der Waals surface area (Å²) in [6.45, 7) is 4.29. The van der Waals surface area contributed by atoms with Gasteiger partial charge >= 0.3 is 5.97 Å². The number of carbonyl (C=O) groups is 1. The van der Waals surface area contributed by atoms with Gasteiger partial charge in [0.15, 0.2) is 0 Å². The summed E-state index contributed by atoms with van der Waals surface area (Å²) in [5, 5.41) is 8.55. The Kier molecular flexibility index (Phi) is 7.33. The van der Waals surface area contributed by atoms with Crippen LogP contribution in [0.2, 0.25) is 0 Å². The molecule has 96 valence electrons. The van der Waals surface area contributed by atoms with Gasteiger partial charge in [-0.1, -0.05) is 20.3 Å². The van der Waals surface area contributed by atoms with E-state index in [1.807, 2.05) is 13.8 Å². The predicted molar refractivity (Wildman–Crippen MR) is 62.8 cm³/mol. The Morgan fingerprint density at radius 2 is 1.81 bits per heavy atom. The van der Waals surface area contributed by atoms with Crippen LogP contribution < -0.4 is 0 Å². The van der Waals surface area contributed by atoms with E-state index in [4.69, 9.17) is 5.11 Å². The highest BCUT2D eigenvalue weighted by Gasteiger charge is 2.20. The lowest BCUT2D eigenvalue weighted by atomic mass is 10.4. The fourth-order valence-electron chi connectivity index (χ4n) is 1.32. The highest BCUT2D eigenvalue weighted by molar-refractivity contribution is 7.89. The van der Waals surface area contributed by atoms with E-state index in [9.17, 15) is 13.2 Å². The zero-order valence-electron chi connectivity index (χ0n) is 9.98. The SMILES string of the molecule is CCCCS(=O)(=O)N(CCC)CCC(=O)O. The van der Waals surface area contributed by atoms with Crippen molar-refractivity contribution in [1.29, 1.82) is 0 Å². The Balaban J connectivity index is 4.43. The second-order valence-electron chi connectivity index (χ2n) is 3.71. The lowest BCUT2D eigenvalue weighted by Crippen LogP contribution is -2.35. The molecule has 5 nitrogen and oxygen atoms in total. The fourth-order valence-corrected chi connectivity index (χ4v) is 3.06. The maximum Gasteiger partial charge on any atom is 0.304 e. The van der Waals surface area contributed by atoms with Crippen LogP contribution in [0.1, 0.15) is 39.5 Å². The normalized spacial score (nSPS) is 11.9. The molecule has 0 amide bonds. The monoisotopic (exact) mass is 251 g/mol. The first-order valence-electron chi connectivity index (χ1n) is 5.63. The zero-order chi connectivity index (χ0) is 12.6. The number of aliphatic carboxylic acids is 1. The van der Waals surface area contributed by atoms with Crippen LogP contribution >= 0.6 is 0 Å². The Bertz CT molecular complexity index is 300. The van der Waals surface area contributed by atoms with Gasteiger partial charge in [-0.15, -0.1) is 0 Å². The maximum absolute atomic E-state index is 11.8. The first kappa shape index (κ1) is 15.4. The molecule has 0 unspecified atom stereocenters. The minimum Gasteiger partial charge on any atom is -0.481 e. The number of sulfonamides is 1. The summed E-state index contributed by atoms with van der Waals surface area (Å²) in [6.07, 6.45) is 2.00. The van der Waals surface area contributed by atoms with Crippen molar-refractivity contribution in [2.45, 2.75) is 39.5 Å². The summed E-state index contributed by atoms with van der Waals surface area (Å²) >= 11 is 0. The van der Waals surface area contributed by atoms with E-state index in [2.05, 4.69) is 0 Å². The largest absolute Gasteiger partial charge is 0.481 e. The van der Waals surface area contributed by atoms with Crippen LogP contribution in [0.15, 0.2) is 0 Å². The van der Waals surface area contributed by atoms with Gasteiger partial charge in [0.25, 0.3) is 0 Å². The van der Waals surface area contributed by atoms with Gasteiger partial charge in [-0.2, -0.15) is 0 Å². The molecule has 0 rings (SSSR count). The molecule has 6 heteroatoms. The molecule has 0 saturated heterocycles. The van der Waals surface area contributed by atoms with Gasteiger partial charge in [0.1, 0.15) is 0 Å². The molecule has 0 aliphatic carbocycles. The van der Waals surface area contributed by atoms with Crippen molar-refractivity contribution in [3.63, 3.8) is 0 Å². The number of nitrogens with zero attached hydrogens (tertiary/aromatic N) is 1. The highest BCUT2D eigenvalue weighted by atomic mass is 32.2. The summed E-state index contributed by atoms with van der Waals surface area (Å²) in [5.41, 5.74) is 0. The zero-order valence-corrected chi connectivity index (χ0v) is 10.8. The van der Waals surface area contributed by atoms with Crippen molar-refractivity contribution in [1.82, 2.24) is 4.31 Å². The summed E-state index contributed by atoms with van der Waals surface area (Å²) in [4.78, 5) is 10.4. The minimum absolute atomic E-state index is 0.0786. The van der Waals surface area contributed by atoms with Crippen molar-refractivity contribution in [2.24, 2.45) is 0 Å². The van der Waals surface area contributed by atoms with Gasteiger partial charge in [-0.3, -0.25) is 4.79 Å². The topological polar surface area (TPSA) is 74.7 Å². The molecule has 16 heavy (non-hydrogen) atoms. The Hall–Kier alpha value is -0.620. The van der Waals surface area contributed by atoms with Crippen LogP contribution in [0.4, 0.5) is 0 Å². The van der Waals surface area contributed by atoms with Gasteiger partial charge in [-0.25, -0.2) is 12.7 Å². The van der Waals surface area contributed by atoms with E-state index in [-0.39, 0.29) is 18.7 Å². The Labute approximate surface area is 97.5 Å². The first-order valence-corrected chi connectivity index (χ1v) is 7.24. The minimum atomic E-state index is -3.27. The molecule has 0 aromatic carbocycles. The van der Waals surface area contributed by atoms with Gasteiger partial charge in [0.2, 0.25) is 10.0 Å². The molecular formula is C10H21NO4S. The number of rotatable bonds is 9. The number of hydrogen-bond donors (Lipinski definition) is 1. The molecule has 0 radical (unpaired) electrons. The maximum atomic E-state index is 11.8. The molecule has 0 aliphatic rings. The van der Waals surface area contributed by atoms with E-state index in [1.165, 1.54) is 4.31 Å². The van der Waals surface area contributed by atoms with Gasteiger partial charge < -0.3 is 5.11 Å². The van der Waals surface area contributed by atoms with Gasteiger partial charge in [-0.05, 0) is 12.8 Å². The molecule has 0 spiro atoms. The molecule has 0 saturated carbocycles. The molecule has 0 fully saturated rings. The standard InChI is InChI=1S/C10H21NO4S/c1-3-5-9-16(14,15)11(7-4-2)8-6-10(12)13/h3-9H2,1-2H3,(H,12,13). The smallest absolute Gasteiger partial charge is 0.304 e. The summed E-state index contributed by atoms with van der Waals surface area (Å²) in [6, 6.07) is 0. The van der Waals surface area contributed by atoms with Gasteiger partial charge in [0, 0.05) is 13.1 Å². The molecule has 0 heterocycles. The van der Waals surface area contributed by atoms with E-state index in [0.717, 1.165) is 6.42 Å². The first-order chi connectivity index (χ1) is 7.44. The second kappa shape index (κ2) is 7.62. The van der Waals surface area contributed by atoms with Crippen LogP contribution in [-0.4, -0.2) is 42.6 Å². The van der Waals surface area contributed by atoms with Crippen molar-refractivity contribution >= 4 is 16.0 Å².